The van der Waals surface area contributed by atoms with Crippen LogP contribution < -0.4 is 5.01 Å². The second-order valence-corrected chi connectivity index (χ2v) is 5.58. The van der Waals surface area contributed by atoms with Crippen molar-refractivity contribution in [3.05, 3.63) is 52.2 Å². The predicted molar refractivity (Wildman–Crippen MR) is 81.3 cm³/mol. The van der Waals surface area contributed by atoms with Crippen molar-refractivity contribution in [3.8, 4) is 5.75 Å². The molecule has 1 aromatic carbocycles. The van der Waals surface area contributed by atoms with Gasteiger partial charge in [0.1, 0.15) is 5.75 Å². The van der Waals surface area contributed by atoms with Crippen LogP contribution in [0.15, 0.2) is 30.5 Å². The predicted octanol–water partition coefficient (Wildman–Crippen LogP) is 3.11. The minimum atomic E-state index is -4.63. The SMILES string of the molecule is CN(c1ncc(C(F)(F)F)cc1Cl)N1C(=O)c2cccc(O)c2C1=O. The van der Waals surface area contributed by atoms with Crippen LogP contribution in [0.5, 0.6) is 5.75 Å². The van der Waals surface area contributed by atoms with E-state index in [9.17, 15) is 27.9 Å². The van der Waals surface area contributed by atoms with Gasteiger partial charge in [-0.3, -0.25) is 14.6 Å². The number of carbonyl (C=O) groups excluding carboxylic acids is 2. The van der Waals surface area contributed by atoms with Crippen LogP contribution in [0, 0.1) is 0 Å². The van der Waals surface area contributed by atoms with E-state index in [1.54, 1.807) is 0 Å². The van der Waals surface area contributed by atoms with Crippen molar-refractivity contribution in [3.63, 3.8) is 0 Å². The fraction of sp³-hybridized carbons (Fsp3) is 0.133. The van der Waals surface area contributed by atoms with Crippen LogP contribution in [0.4, 0.5) is 19.0 Å². The molecular formula is C15H9ClF3N3O3. The molecule has 10 heteroatoms. The molecule has 0 saturated carbocycles. The van der Waals surface area contributed by atoms with Crippen molar-refractivity contribution in [2.45, 2.75) is 6.18 Å². The molecule has 0 radical (unpaired) electrons. The number of amides is 2. The number of hydrazine groups is 1. The molecule has 0 atom stereocenters. The number of pyridine rings is 1. The molecule has 2 heterocycles. The van der Waals surface area contributed by atoms with E-state index in [4.69, 9.17) is 11.6 Å². The molecule has 25 heavy (non-hydrogen) atoms. The summed E-state index contributed by atoms with van der Waals surface area (Å²) in [5.74, 6) is -2.18. The van der Waals surface area contributed by atoms with Gasteiger partial charge in [-0.2, -0.15) is 18.2 Å². The highest BCUT2D eigenvalue weighted by Crippen LogP contribution is 2.36. The number of aromatic nitrogens is 1. The maximum absolute atomic E-state index is 12.7. The fourth-order valence-electron chi connectivity index (χ4n) is 2.45. The van der Waals surface area contributed by atoms with Gasteiger partial charge in [0.25, 0.3) is 11.8 Å². The molecule has 1 aliphatic rings. The zero-order valence-corrected chi connectivity index (χ0v) is 13.3. The van der Waals surface area contributed by atoms with Gasteiger partial charge in [-0.15, -0.1) is 0 Å². The van der Waals surface area contributed by atoms with E-state index in [-0.39, 0.29) is 22.7 Å². The molecule has 1 aliphatic heterocycles. The highest BCUT2D eigenvalue weighted by molar-refractivity contribution is 6.33. The summed E-state index contributed by atoms with van der Waals surface area (Å²) in [6.45, 7) is 0. The molecule has 1 aromatic heterocycles. The minimum Gasteiger partial charge on any atom is -0.507 e. The minimum absolute atomic E-state index is 0.0279. The normalized spacial score (nSPS) is 14.0. The second-order valence-electron chi connectivity index (χ2n) is 5.17. The Bertz CT molecular complexity index is 901. The number of carbonyl (C=O) groups is 2. The number of hydrogen-bond acceptors (Lipinski definition) is 5. The lowest BCUT2D eigenvalue weighted by Gasteiger charge is -2.27. The number of anilines is 1. The van der Waals surface area contributed by atoms with E-state index in [1.807, 2.05) is 0 Å². The van der Waals surface area contributed by atoms with Crippen LogP contribution in [0.1, 0.15) is 26.3 Å². The molecule has 0 fully saturated rings. The number of alkyl halides is 3. The number of phenolic OH excluding ortho intramolecular Hbond substituents is 1. The molecule has 3 rings (SSSR count). The summed E-state index contributed by atoms with van der Waals surface area (Å²) < 4.78 is 38.1. The van der Waals surface area contributed by atoms with Gasteiger partial charge in [-0.05, 0) is 18.2 Å². The first-order valence-electron chi connectivity index (χ1n) is 6.80. The van der Waals surface area contributed by atoms with Gasteiger partial charge in [0.2, 0.25) is 0 Å². The maximum Gasteiger partial charge on any atom is 0.417 e. The van der Waals surface area contributed by atoms with Gasteiger partial charge in [-0.25, -0.2) is 4.98 Å². The summed E-state index contributed by atoms with van der Waals surface area (Å²) in [7, 11) is 1.25. The number of nitrogens with zero attached hydrogens (tertiary/aromatic N) is 3. The van der Waals surface area contributed by atoms with Crippen molar-refractivity contribution in [2.75, 3.05) is 12.1 Å². The Morgan fingerprint density at radius 2 is 1.92 bits per heavy atom. The van der Waals surface area contributed by atoms with Gasteiger partial charge < -0.3 is 5.11 Å². The van der Waals surface area contributed by atoms with E-state index in [1.165, 1.54) is 25.2 Å². The summed E-state index contributed by atoms with van der Waals surface area (Å²) in [5.41, 5.74) is -1.28. The number of imide groups is 1. The molecular weight excluding hydrogens is 363 g/mol. The van der Waals surface area contributed by atoms with Gasteiger partial charge in [0, 0.05) is 13.2 Å². The Morgan fingerprint density at radius 1 is 1.24 bits per heavy atom. The zero-order valence-electron chi connectivity index (χ0n) is 12.5. The van der Waals surface area contributed by atoms with E-state index < -0.39 is 28.6 Å². The molecule has 1 N–H and O–H groups in total. The summed E-state index contributed by atoms with van der Waals surface area (Å²) in [6, 6.07) is 4.64. The smallest absolute Gasteiger partial charge is 0.417 e. The largest absolute Gasteiger partial charge is 0.507 e. The molecule has 0 bridgehead atoms. The first-order chi connectivity index (χ1) is 11.6. The number of rotatable bonds is 2. The van der Waals surface area contributed by atoms with Crippen LogP contribution in [0.2, 0.25) is 5.02 Å². The van der Waals surface area contributed by atoms with Gasteiger partial charge in [-0.1, -0.05) is 17.7 Å². The van der Waals surface area contributed by atoms with Crippen molar-refractivity contribution in [2.24, 2.45) is 0 Å². The Morgan fingerprint density at radius 3 is 2.48 bits per heavy atom. The Kier molecular flexibility index (Phi) is 3.83. The number of benzene rings is 1. The summed E-state index contributed by atoms with van der Waals surface area (Å²) in [6.07, 6.45) is -4.08. The third-order valence-corrected chi connectivity index (χ3v) is 3.91. The van der Waals surface area contributed by atoms with E-state index in [0.29, 0.717) is 17.3 Å². The number of hydrogen-bond donors (Lipinski definition) is 1. The van der Waals surface area contributed by atoms with Crippen LogP contribution in [-0.2, 0) is 6.18 Å². The van der Waals surface area contributed by atoms with E-state index in [2.05, 4.69) is 4.98 Å². The number of phenols is 1. The first-order valence-corrected chi connectivity index (χ1v) is 7.18. The average Bonchev–Trinajstić information content (AvgIpc) is 2.78. The summed E-state index contributed by atoms with van der Waals surface area (Å²) >= 11 is 5.84. The second kappa shape index (κ2) is 5.62. The topological polar surface area (TPSA) is 73.7 Å². The van der Waals surface area contributed by atoms with Crippen LogP contribution in [-0.4, -0.2) is 34.0 Å². The summed E-state index contributed by atoms with van der Waals surface area (Å²) in [4.78, 5) is 28.5. The number of aromatic hydroxyl groups is 1. The van der Waals surface area contributed by atoms with Crippen molar-refractivity contribution >= 4 is 29.2 Å². The Balaban J connectivity index is 2.00. The zero-order chi connectivity index (χ0) is 18.5. The lowest BCUT2D eigenvalue weighted by molar-refractivity contribution is -0.137. The molecule has 2 amide bonds. The molecule has 2 aromatic rings. The number of fused-ring (bicyclic) bond motifs is 1. The molecule has 130 valence electrons. The van der Waals surface area contributed by atoms with Gasteiger partial charge in [0.15, 0.2) is 5.82 Å². The summed E-state index contributed by atoms with van der Waals surface area (Å²) in [5, 5.41) is 11.0. The van der Waals surface area contributed by atoms with Crippen LogP contribution in [0.25, 0.3) is 0 Å². The maximum atomic E-state index is 12.7. The highest BCUT2D eigenvalue weighted by atomic mass is 35.5. The first kappa shape index (κ1) is 17.0. The van der Waals surface area contributed by atoms with Crippen molar-refractivity contribution in [1.82, 2.24) is 9.99 Å². The molecule has 0 saturated heterocycles. The fourth-order valence-corrected chi connectivity index (χ4v) is 2.74. The molecule has 0 unspecified atom stereocenters. The monoisotopic (exact) mass is 371 g/mol. The molecule has 0 spiro atoms. The van der Waals surface area contributed by atoms with Gasteiger partial charge in [0.05, 0.1) is 21.7 Å². The third-order valence-electron chi connectivity index (χ3n) is 3.63. The Hall–Kier alpha value is -2.81. The lowest BCUT2D eigenvalue weighted by Crippen LogP contribution is -2.44. The van der Waals surface area contributed by atoms with E-state index >= 15 is 0 Å². The standard InChI is InChI=1S/C15H9ClF3N3O3/c1-21(12-9(16)5-7(6-20-12)15(17,18)19)22-13(24)8-3-2-4-10(23)11(8)14(22)25/h2-6,23H,1H3. The van der Waals surface area contributed by atoms with Gasteiger partial charge >= 0.3 is 6.18 Å². The van der Waals surface area contributed by atoms with Crippen molar-refractivity contribution < 1.29 is 27.9 Å². The lowest BCUT2D eigenvalue weighted by atomic mass is 10.1. The Labute approximate surface area is 144 Å². The third kappa shape index (κ3) is 2.66. The van der Waals surface area contributed by atoms with Crippen LogP contribution >= 0.6 is 11.6 Å². The van der Waals surface area contributed by atoms with E-state index in [0.717, 1.165) is 5.01 Å². The van der Waals surface area contributed by atoms with Crippen LogP contribution in [0.3, 0.4) is 0 Å². The quantitative estimate of drug-likeness (QED) is 0.821. The van der Waals surface area contributed by atoms with Crippen molar-refractivity contribution in [1.29, 1.82) is 0 Å². The highest BCUT2D eigenvalue weighted by Gasteiger charge is 2.41. The molecule has 0 aliphatic carbocycles. The average molecular weight is 372 g/mol. The number of halogens is 4. The molecule has 6 nitrogen and oxygen atoms in total.